The Morgan fingerprint density at radius 2 is 2.00 bits per heavy atom. The molecule has 1 aliphatic rings. The second-order valence-corrected chi connectivity index (χ2v) is 3.05. The van der Waals surface area contributed by atoms with Gasteiger partial charge in [-0.15, -0.1) is 0 Å². The zero-order valence-corrected chi connectivity index (χ0v) is 7.86. The Kier molecular flexibility index (Phi) is 2.45. The monoisotopic (exact) mass is 203 g/mol. The third-order valence-electron chi connectivity index (χ3n) is 1.96. The molecule has 0 bridgehead atoms. The van der Waals surface area contributed by atoms with Crippen LogP contribution in [0.25, 0.3) is 5.57 Å². The molecular weight excluding hydrogens is 194 g/mol. The molecule has 1 heterocycles. The van der Waals surface area contributed by atoms with E-state index >= 15 is 0 Å². The number of hydrogen-bond acceptors (Lipinski definition) is 3. The lowest BCUT2D eigenvalue weighted by Crippen LogP contribution is -2.26. The summed E-state index contributed by atoms with van der Waals surface area (Å²) in [7, 11) is 0. The predicted octanol–water partition coefficient (Wildman–Crippen LogP) is 0.358. The minimum Gasteiger partial charge on any atom is -0.292 e. The lowest BCUT2D eigenvalue weighted by molar-refractivity contribution is 0.907. The highest BCUT2D eigenvalue weighted by Crippen LogP contribution is 2.14. The van der Waals surface area contributed by atoms with E-state index in [1.165, 1.54) is 0 Å². The first kappa shape index (κ1) is 9.39. The van der Waals surface area contributed by atoms with Crippen LogP contribution in [0.15, 0.2) is 40.0 Å². The van der Waals surface area contributed by atoms with Gasteiger partial charge in [-0.1, -0.05) is 30.4 Å². The molecule has 76 valence electrons. The Labute approximate surface area is 84.9 Å². The van der Waals surface area contributed by atoms with Crippen molar-refractivity contribution in [3.63, 3.8) is 0 Å². The molecule has 1 aliphatic carbocycles. The van der Waals surface area contributed by atoms with E-state index in [1.807, 2.05) is 35.4 Å². The third kappa shape index (κ3) is 2.19. The molecule has 1 aromatic heterocycles. The van der Waals surface area contributed by atoms with Gasteiger partial charge in [-0.3, -0.25) is 9.97 Å². The number of aromatic amines is 2. The first-order valence-electron chi connectivity index (χ1n) is 4.49. The minimum absolute atomic E-state index is 0.319. The minimum atomic E-state index is -0.633. The van der Waals surface area contributed by atoms with Crippen LogP contribution in [-0.2, 0) is 0 Å². The molecule has 0 saturated carbocycles. The van der Waals surface area contributed by atoms with Gasteiger partial charge in [0.05, 0.1) is 0 Å². The van der Waals surface area contributed by atoms with Gasteiger partial charge in [0.15, 0.2) is 0 Å². The van der Waals surface area contributed by atoms with E-state index in [4.69, 9.17) is 0 Å². The maximum absolute atomic E-state index is 11.0. The standard InChI is InChI=1S/C10H9N3O2/c14-9-11-8(12-10(15)13-9)7-5-3-1-2-4-6-7/h1-5H,6H2,(H2,11,12,13,14,15). The van der Waals surface area contributed by atoms with Crippen LogP contribution in [0.5, 0.6) is 0 Å². The summed E-state index contributed by atoms with van der Waals surface area (Å²) in [5.74, 6) is 0.319. The Hall–Kier alpha value is -2.17. The lowest BCUT2D eigenvalue weighted by Gasteiger charge is -2.00. The fourth-order valence-corrected chi connectivity index (χ4v) is 1.30. The summed E-state index contributed by atoms with van der Waals surface area (Å²) in [6, 6.07) is 0. The van der Waals surface area contributed by atoms with Gasteiger partial charge in [0.2, 0.25) is 0 Å². The van der Waals surface area contributed by atoms with Crippen molar-refractivity contribution >= 4 is 5.57 Å². The second-order valence-electron chi connectivity index (χ2n) is 3.05. The topological polar surface area (TPSA) is 78.6 Å². The van der Waals surface area contributed by atoms with Gasteiger partial charge in [0.25, 0.3) is 0 Å². The summed E-state index contributed by atoms with van der Waals surface area (Å²) < 4.78 is 0. The molecule has 5 nitrogen and oxygen atoms in total. The molecule has 0 unspecified atom stereocenters. The van der Waals surface area contributed by atoms with Gasteiger partial charge in [-0.25, -0.2) is 9.59 Å². The molecule has 0 aromatic carbocycles. The second kappa shape index (κ2) is 3.91. The maximum Gasteiger partial charge on any atom is 0.351 e. The molecule has 0 fully saturated rings. The molecular formula is C10H9N3O2. The average Bonchev–Trinajstić information content (AvgIpc) is 2.43. The number of aromatic nitrogens is 3. The fraction of sp³-hybridized carbons (Fsp3) is 0.100. The summed E-state index contributed by atoms with van der Waals surface area (Å²) in [6.45, 7) is 0. The van der Waals surface area contributed by atoms with Gasteiger partial charge in [-0.2, -0.15) is 4.98 Å². The lowest BCUT2D eigenvalue weighted by atomic mass is 10.1. The fourth-order valence-electron chi connectivity index (χ4n) is 1.30. The van der Waals surface area contributed by atoms with Gasteiger partial charge >= 0.3 is 11.4 Å². The van der Waals surface area contributed by atoms with Gasteiger partial charge in [0, 0.05) is 0 Å². The zero-order chi connectivity index (χ0) is 10.7. The number of allylic oxidation sites excluding steroid dienone is 6. The van der Waals surface area contributed by atoms with Crippen molar-refractivity contribution in [2.45, 2.75) is 6.42 Å². The molecule has 2 rings (SSSR count). The quantitative estimate of drug-likeness (QED) is 0.691. The Bertz CT molecular complexity index is 532. The molecule has 0 saturated heterocycles. The van der Waals surface area contributed by atoms with Crippen molar-refractivity contribution in [3.8, 4) is 0 Å². The molecule has 0 aliphatic heterocycles. The molecule has 15 heavy (non-hydrogen) atoms. The Balaban J connectivity index is 2.50. The molecule has 2 N–H and O–H groups in total. The first-order chi connectivity index (χ1) is 7.25. The normalized spacial score (nSPS) is 14.8. The van der Waals surface area contributed by atoms with Crippen molar-refractivity contribution in [1.82, 2.24) is 15.0 Å². The smallest absolute Gasteiger partial charge is 0.292 e. The van der Waals surface area contributed by atoms with Crippen LogP contribution in [0.2, 0.25) is 0 Å². The molecule has 0 atom stereocenters. The molecule has 5 heteroatoms. The van der Waals surface area contributed by atoms with E-state index in [1.54, 1.807) is 0 Å². The van der Waals surface area contributed by atoms with Gasteiger partial charge < -0.3 is 0 Å². The van der Waals surface area contributed by atoms with E-state index in [0.29, 0.717) is 12.2 Å². The summed E-state index contributed by atoms with van der Waals surface area (Å²) in [5.41, 5.74) is -0.363. The maximum atomic E-state index is 11.0. The first-order valence-corrected chi connectivity index (χ1v) is 4.49. The number of rotatable bonds is 1. The van der Waals surface area contributed by atoms with Crippen LogP contribution in [0.4, 0.5) is 0 Å². The third-order valence-corrected chi connectivity index (χ3v) is 1.96. The van der Waals surface area contributed by atoms with Crippen molar-refractivity contribution in [3.05, 3.63) is 57.2 Å². The highest BCUT2D eigenvalue weighted by atomic mass is 16.2. The van der Waals surface area contributed by atoms with Gasteiger partial charge in [0.1, 0.15) is 5.82 Å². The average molecular weight is 203 g/mol. The van der Waals surface area contributed by atoms with Crippen molar-refractivity contribution in [2.75, 3.05) is 0 Å². The number of H-pyrrole nitrogens is 2. The highest BCUT2D eigenvalue weighted by Gasteiger charge is 2.04. The van der Waals surface area contributed by atoms with Crippen LogP contribution in [0, 0.1) is 0 Å². The Morgan fingerprint density at radius 1 is 1.13 bits per heavy atom. The van der Waals surface area contributed by atoms with Crippen LogP contribution < -0.4 is 11.4 Å². The predicted molar refractivity (Wildman–Crippen MR) is 56.4 cm³/mol. The van der Waals surface area contributed by atoms with Crippen LogP contribution in [0.1, 0.15) is 12.2 Å². The summed E-state index contributed by atoms with van der Waals surface area (Å²) in [4.78, 5) is 30.2. The molecule has 0 spiro atoms. The van der Waals surface area contributed by atoms with E-state index in [9.17, 15) is 9.59 Å². The van der Waals surface area contributed by atoms with Crippen LogP contribution in [0.3, 0.4) is 0 Å². The van der Waals surface area contributed by atoms with Crippen LogP contribution in [-0.4, -0.2) is 15.0 Å². The van der Waals surface area contributed by atoms with E-state index in [-0.39, 0.29) is 0 Å². The van der Waals surface area contributed by atoms with Crippen molar-refractivity contribution in [2.24, 2.45) is 0 Å². The summed E-state index contributed by atoms with van der Waals surface area (Å²) in [6.07, 6.45) is 9.99. The van der Waals surface area contributed by atoms with Crippen molar-refractivity contribution in [1.29, 1.82) is 0 Å². The van der Waals surface area contributed by atoms with E-state index in [0.717, 1.165) is 5.57 Å². The molecule has 0 amide bonds. The largest absolute Gasteiger partial charge is 0.351 e. The van der Waals surface area contributed by atoms with Gasteiger partial charge in [-0.05, 0) is 12.0 Å². The SMILES string of the molecule is O=c1nc(C2=CC=CC=CC2)[nH]c(=O)[nH]1. The van der Waals surface area contributed by atoms with E-state index < -0.39 is 11.4 Å². The van der Waals surface area contributed by atoms with Crippen LogP contribution >= 0.6 is 0 Å². The summed E-state index contributed by atoms with van der Waals surface area (Å²) >= 11 is 0. The number of hydrogen-bond donors (Lipinski definition) is 2. The Morgan fingerprint density at radius 3 is 2.80 bits per heavy atom. The highest BCUT2D eigenvalue weighted by molar-refractivity contribution is 5.63. The molecule has 1 aromatic rings. The van der Waals surface area contributed by atoms with E-state index in [2.05, 4.69) is 9.97 Å². The molecule has 0 radical (unpaired) electrons. The number of nitrogens with zero attached hydrogens (tertiary/aromatic N) is 1. The summed E-state index contributed by atoms with van der Waals surface area (Å²) in [5, 5.41) is 0. The van der Waals surface area contributed by atoms with Crippen molar-refractivity contribution < 1.29 is 0 Å². The number of nitrogens with one attached hydrogen (secondary N) is 2. The zero-order valence-electron chi connectivity index (χ0n) is 7.86.